The molecule has 1 fully saturated rings. The molecule has 0 saturated carbocycles. The number of nitrogens with zero attached hydrogens (tertiary/aromatic N) is 4. The van der Waals surface area contributed by atoms with Gasteiger partial charge in [-0.05, 0) is 36.8 Å². The standard InChI is InChI=1S/C12H17BrN4O2/c1-8-6-16(7-9(2)15(8)3)12-11(17(18)19)4-10(13)5-14-12/h4-5,8-9H,6-7H2,1-3H3. The van der Waals surface area contributed by atoms with Gasteiger partial charge in [0.15, 0.2) is 0 Å². The summed E-state index contributed by atoms with van der Waals surface area (Å²) in [5, 5.41) is 11.2. The third-order valence-corrected chi connectivity index (χ3v) is 4.10. The van der Waals surface area contributed by atoms with Crippen LogP contribution in [0.1, 0.15) is 13.8 Å². The van der Waals surface area contributed by atoms with Gasteiger partial charge < -0.3 is 4.90 Å². The second kappa shape index (κ2) is 5.42. The summed E-state index contributed by atoms with van der Waals surface area (Å²) in [6.45, 7) is 5.73. The maximum absolute atomic E-state index is 11.2. The first-order valence-electron chi connectivity index (χ1n) is 6.17. The van der Waals surface area contributed by atoms with Crippen LogP contribution in [0.5, 0.6) is 0 Å². The molecule has 7 heteroatoms. The van der Waals surface area contributed by atoms with E-state index in [9.17, 15) is 10.1 Å². The zero-order valence-electron chi connectivity index (χ0n) is 11.2. The van der Waals surface area contributed by atoms with E-state index in [4.69, 9.17) is 0 Å². The van der Waals surface area contributed by atoms with Gasteiger partial charge in [0.05, 0.1) is 4.92 Å². The van der Waals surface area contributed by atoms with Crippen molar-refractivity contribution in [3.8, 4) is 0 Å². The largest absolute Gasteiger partial charge is 0.348 e. The van der Waals surface area contributed by atoms with Gasteiger partial charge in [-0.25, -0.2) is 4.98 Å². The Labute approximate surface area is 120 Å². The lowest BCUT2D eigenvalue weighted by Crippen LogP contribution is -2.55. The first-order valence-corrected chi connectivity index (χ1v) is 6.96. The van der Waals surface area contributed by atoms with E-state index in [0.717, 1.165) is 13.1 Å². The van der Waals surface area contributed by atoms with E-state index in [1.165, 1.54) is 6.07 Å². The summed E-state index contributed by atoms with van der Waals surface area (Å²) in [5.74, 6) is 0.458. The van der Waals surface area contributed by atoms with Crippen LogP contribution in [0.3, 0.4) is 0 Å². The predicted molar refractivity (Wildman–Crippen MR) is 77.5 cm³/mol. The highest BCUT2D eigenvalue weighted by atomic mass is 79.9. The Balaban J connectivity index is 2.34. The first kappa shape index (κ1) is 14.2. The van der Waals surface area contributed by atoms with Crippen LogP contribution in [-0.4, -0.2) is 47.0 Å². The fourth-order valence-electron chi connectivity index (χ4n) is 2.38. The zero-order chi connectivity index (χ0) is 14.2. The lowest BCUT2D eigenvalue weighted by Gasteiger charge is -2.42. The monoisotopic (exact) mass is 328 g/mol. The highest BCUT2D eigenvalue weighted by molar-refractivity contribution is 9.10. The van der Waals surface area contributed by atoms with Crippen molar-refractivity contribution in [1.29, 1.82) is 0 Å². The van der Waals surface area contributed by atoms with E-state index >= 15 is 0 Å². The van der Waals surface area contributed by atoms with Gasteiger partial charge in [-0.1, -0.05) is 0 Å². The lowest BCUT2D eigenvalue weighted by molar-refractivity contribution is -0.384. The van der Waals surface area contributed by atoms with Crippen molar-refractivity contribution in [2.24, 2.45) is 0 Å². The summed E-state index contributed by atoms with van der Waals surface area (Å²) < 4.78 is 0.623. The van der Waals surface area contributed by atoms with Gasteiger partial charge in [0.25, 0.3) is 0 Å². The molecule has 1 aromatic rings. The number of nitro groups is 1. The molecular weight excluding hydrogens is 312 g/mol. The topological polar surface area (TPSA) is 62.5 Å². The lowest BCUT2D eigenvalue weighted by atomic mass is 10.1. The Morgan fingerprint density at radius 3 is 2.53 bits per heavy atom. The molecule has 1 aromatic heterocycles. The van der Waals surface area contributed by atoms with E-state index < -0.39 is 0 Å². The number of hydrogen-bond acceptors (Lipinski definition) is 5. The number of halogens is 1. The molecular formula is C12H17BrN4O2. The average Bonchev–Trinajstić information content (AvgIpc) is 2.35. The molecule has 0 amide bonds. The van der Waals surface area contributed by atoms with Crippen molar-refractivity contribution < 1.29 is 4.92 Å². The maximum atomic E-state index is 11.2. The Bertz CT molecular complexity index is 485. The van der Waals surface area contributed by atoms with Crippen molar-refractivity contribution in [2.45, 2.75) is 25.9 Å². The third-order valence-electron chi connectivity index (χ3n) is 3.67. The molecule has 19 heavy (non-hydrogen) atoms. The molecule has 0 aliphatic carbocycles. The zero-order valence-corrected chi connectivity index (χ0v) is 12.8. The van der Waals surface area contributed by atoms with Crippen molar-refractivity contribution in [1.82, 2.24) is 9.88 Å². The minimum absolute atomic E-state index is 0.0540. The van der Waals surface area contributed by atoms with Crippen LogP contribution in [0, 0.1) is 10.1 Å². The van der Waals surface area contributed by atoms with E-state index in [0.29, 0.717) is 22.4 Å². The van der Waals surface area contributed by atoms with Crippen LogP contribution in [0.25, 0.3) is 0 Å². The second-order valence-corrected chi connectivity index (χ2v) is 5.94. The summed E-state index contributed by atoms with van der Waals surface area (Å²) in [7, 11) is 2.08. The van der Waals surface area contributed by atoms with Crippen LogP contribution >= 0.6 is 15.9 Å². The molecule has 2 heterocycles. The van der Waals surface area contributed by atoms with E-state index in [2.05, 4.69) is 46.7 Å². The van der Waals surface area contributed by atoms with Crippen molar-refractivity contribution in [3.63, 3.8) is 0 Å². The molecule has 1 aliphatic rings. The fraction of sp³-hybridized carbons (Fsp3) is 0.583. The molecule has 6 nitrogen and oxygen atoms in total. The van der Waals surface area contributed by atoms with E-state index in [1.807, 2.05) is 4.90 Å². The van der Waals surface area contributed by atoms with Gasteiger partial charge in [0.2, 0.25) is 5.82 Å². The maximum Gasteiger partial charge on any atom is 0.312 e. The number of likely N-dealkylation sites (N-methyl/N-ethyl adjacent to an activating group) is 1. The molecule has 104 valence electrons. The number of rotatable bonds is 2. The minimum Gasteiger partial charge on any atom is -0.348 e. The van der Waals surface area contributed by atoms with Crippen molar-refractivity contribution in [2.75, 3.05) is 25.0 Å². The van der Waals surface area contributed by atoms with Gasteiger partial charge in [0, 0.05) is 41.9 Å². The number of aromatic nitrogens is 1. The highest BCUT2D eigenvalue weighted by Gasteiger charge is 2.31. The fourth-order valence-corrected chi connectivity index (χ4v) is 2.70. The van der Waals surface area contributed by atoms with Crippen LogP contribution in [-0.2, 0) is 0 Å². The number of hydrogen-bond donors (Lipinski definition) is 0. The molecule has 1 aliphatic heterocycles. The molecule has 0 spiro atoms. The summed E-state index contributed by atoms with van der Waals surface area (Å²) in [5.41, 5.74) is 0.0540. The molecule has 2 rings (SSSR count). The quantitative estimate of drug-likeness (QED) is 0.615. The normalized spacial score (nSPS) is 24.5. The van der Waals surface area contributed by atoms with Crippen LogP contribution in [0.2, 0.25) is 0 Å². The minimum atomic E-state index is -0.374. The summed E-state index contributed by atoms with van der Waals surface area (Å²) in [6, 6.07) is 2.19. The smallest absolute Gasteiger partial charge is 0.312 e. The van der Waals surface area contributed by atoms with Gasteiger partial charge in [-0.15, -0.1) is 0 Å². The Morgan fingerprint density at radius 2 is 2.00 bits per heavy atom. The van der Waals surface area contributed by atoms with Crippen LogP contribution in [0.4, 0.5) is 11.5 Å². The van der Waals surface area contributed by atoms with Gasteiger partial charge in [0.1, 0.15) is 0 Å². The Morgan fingerprint density at radius 1 is 1.42 bits per heavy atom. The average molecular weight is 329 g/mol. The van der Waals surface area contributed by atoms with Gasteiger partial charge in [-0.3, -0.25) is 15.0 Å². The van der Waals surface area contributed by atoms with Crippen molar-refractivity contribution in [3.05, 3.63) is 26.9 Å². The SMILES string of the molecule is CC1CN(c2ncc(Br)cc2[N+](=O)[O-])CC(C)N1C. The summed E-state index contributed by atoms with van der Waals surface area (Å²) in [4.78, 5) is 19.3. The second-order valence-electron chi connectivity index (χ2n) is 5.02. The molecule has 1 saturated heterocycles. The van der Waals surface area contributed by atoms with Gasteiger partial charge in [-0.2, -0.15) is 0 Å². The third kappa shape index (κ3) is 2.87. The molecule has 0 bridgehead atoms. The molecule has 2 atom stereocenters. The number of pyridine rings is 1. The van der Waals surface area contributed by atoms with Crippen molar-refractivity contribution >= 4 is 27.4 Å². The Hall–Kier alpha value is -1.21. The Kier molecular flexibility index (Phi) is 4.05. The highest BCUT2D eigenvalue weighted by Crippen LogP contribution is 2.30. The van der Waals surface area contributed by atoms with E-state index in [1.54, 1.807) is 6.20 Å². The number of piperazine rings is 1. The van der Waals surface area contributed by atoms with Gasteiger partial charge >= 0.3 is 5.69 Å². The molecule has 0 aromatic carbocycles. The number of anilines is 1. The van der Waals surface area contributed by atoms with E-state index in [-0.39, 0.29) is 10.6 Å². The van der Waals surface area contributed by atoms with Crippen LogP contribution in [0.15, 0.2) is 16.7 Å². The molecule has 2 unspecified atom stereocenters. The summed E-state index contributed by atoms with van der Waals surface area (Å²) in [6.07, 6.45) is 1.61. The first-order chi connectivity index (χ1) is 8.90. The van der Waals surface area contributed by atoms with Crippen LogP contribution < -0.4 is 4.90 Å². The summed E-state index contributed by atoms with van der Waals surface area (Å²) >= 11 is 3.23. The predicted octanol–water partition coefficient (Wildman–Crippen LogP) is 2.28. The molecule has 0 N–H and O–H groups in total. The molecule has 0 radical (unpaired) electrons.